The average molecular weight is 607 g/mol. The fourth-order valence-corrected chi connectivity index (χ4v) is 6.75. The molecule has 0 saturated carbocycles. The van der Waals surface area contributed by atoms with Gasteiger partial charge < -0.3 is 25.6 Å². The van der Waals surface area contributed by atoms with E-state index in [-0.39, 0.29) is 40.6 Å². The van der Waals surface area contributed by atoms with Gasteiger partial charge >= 0.3 is 5.97 Å². The molecule has 2 amide bonds. The number of benzene rings is 1. The minimum atomic E-state index is -3.92. The van der Waals surface area contributed by atoms with Crippen LogP contribution in [0, 0.1) is 0 Å². The van der Waals surface area contributed by atoms with Crippen molar-refractivity contribution in [2.24, 2.45) is 5.73 Å². The molecule has 15 heteroatoms. The van der Waals surface area contributed by atoms with E-state index in [2.05, 4.69) is 20.5 Å². The van der Waals surface area contributed by atoms with E-state index >= 15 is 0 Å². The number of amides is 2. The molecule has 5 N–H and O–H groups in total. The standard InChI is InChI=1S/C28H30N8O6S/c1-28(2)15-35(43(41,42)16-7-5-9-30-13-16)14-19-23(28)32-33-25(19)31-26(38)18-12-22(36-10-6-8-20(36)27(39)40)21(34(3)4)11-17(18)24(29)37/h5-13H,14-15H2,1-4H3,(H2,29,37)(H,39,40)(H2,31,32,33,38). The molecule has 0 saturated heterocycles. The molecule has 4 aromatic rings. The van der Waals surface area contributed by atoms with Crippen LogP contribution in [-0.4, -0.2) is 76.0 Å². The predicted molar refractivity (Wildman–Crippen MR) is 157 cm³/mol. The number of carbonyl (C=O) groups excluding carboxylic acids is 2. The minimum Gasteiger partial charge on any atom is -0.477 e. The van der Waals surface area contributed by atoms with Crippen molar-refractivity contribution in [2.75, 3.05) is 30.9 Å². The summed E-state index contributed by atoms with van der Waals surface area (Å²) in [5.41, 5.74) is 6.58. The van der Waals surface area contributed by atoms with E-state index in [0.717, 1.165) is 0 Å². The Labute approximate surface area is 247 Å². The number of sulfonamides is 1. The normalized spacial score (nSPS) is 14.6. The zero-order valence-electron chi connectivity index (χ0n) is 23.8. The first-order valence-electron chi connectivity index (χ1n) is 13.1. The van der Waals surface area contributed by atoms with Crippen LogP contribution in [0.15, 0.2) is 59.9 Å². The number of nitrogens with two attached hydrogens (primary N) is 1. The lowest BCUT2D eigenvalue weighted by molar-refractivity contribution is 0.0687. The van der Waals surface area contributed by atoms with Crippen LogP contribution in [0.5, 0.6) is 0 Å². The average Bonchev–Trinajstić information content (AvgIpc) is 3.60. The number of aromatic amines is 1. The first-order valence-corrected chi connectivity index (χ1v) is 14.5. The third-order valence-electron chi connectivity index (χ3n) is 7.29. The number of pyridine rings is 1. The fraction of sp³-hybridized carbons (Fsp3) is 0.250. The van der Waals surface area contributed by atoms with Crippen molar-refractivity contribution in [3.63, 3.8) is 0 Å². The maximum atomic E-state index is 13.8. The number of aromatic nitrogens is 4. The highest BCUT2D eigenvalue weighted by atomic mass is 32.2. The van der Waals surface area contributed by atoms with Crippen molar-refractivity contribution in [3.05, 3.63) is 83.1 Å². The van der Waals surface area contributed by atoms with Crippen molar-refractivity contribution in [2.45, 2.75) is 30.7 Å². The molecule has 0 fully saturated rings. The summed E-state index contributed by atoms with van der Waals surface area (Å²) in [5, 5.41) is 19.6. The van der Waals surface area contributed by atoms with Crippen molar-refractivity contribution in [1.82, 2.24) is 24.1 Å². The lowest BCUT2D eigenvalue weighted by Gasteiger charge is -2.36. The summed E-state index contributed by atoms with van der Waals surface area (Å²) < 4.78 is 29.6. The van der Waals surface area contributed by atoms with Crippen molar-refractivity contribution >= 4 is 39.3 Å². The Morgan fingerprint density at radius 3 is 2.51 bits per heavy atom. The van der Waals surface area contributed by atoms with Gasteiger partial charge in [0.2, 0.25) is 15.9 Å². The van der Waals surface area contributed by atoms with Crippen LogP contribution in [0.3, 0.4) is 0 Å². The van der Waals surface area contributed by atoms with Gasteiger partial charge in [-0.3, -0.25) is 19.7 Å². The van der Waals surface area contributed by atoms with Crippen LogP contribution in [-0.2, 0) is 22.0 Å². The smallest absolute Gasteiger partial charge is 0.352 e. The highest BCUT2D eigenvalue weighted by molar-refractivity contribution is 7.89. The molecule has 1 aliphatic rings. The number of carboxylic acid groups (broad SMARTS) is 1. The molecular weight excluding hydrogens is 576 g/mol. The maximum Gasteiger partial charge on any atom is 0.352 e. The number of carboxylic acids is 1. The summed E-state index contributed by atoms with van der Waals surface area (Å²) in [5.74, 6) is -2.72. The highest BCUT2D eigenvalue weighted by Gasteiger charge is 2.41. The Morgan fingerprint density at radius 1 is 1.14 bits per heavy atom. The predicted octanol–water partition coefficient (Wildman–Crippen LogP) is 2.19. The van der Waals surface area contributed by atoms with Crippen LogP contribution >= 0.6 is 0 Å². The third-order valence-corrected chi connectivity index (χ3v) is 9.06. The summed E-state index contributed by atoms with van der Waals surface area (Å²) in [4.78, 5) is 43.8. The van der Waals surface area contributed by atoms with Gasteiger partial charge in [0.1, 0.15) is 10.6 Å². The summed E-state index contributed by atoms with van der Waals surface area (Å²) in [7, 11) is -0.514. The zero-order chi connectivity index (χ0) is 31.3. The lowest BCUT2D eigenvalue weighted by Crippen LogP contribution is -2.45. The van der Waals surface area contributed by atoms with E-state index in [1.54, 1.807) is 25.1 Å². The van der Waals surface area contributed by atoms with Gasteiger partial charge in [-0.2, -0.15) is 9.40 Å². The van der Waals surface area contributed by atoms with Gasteiger partial charge in [-0.15, -0.1) is 0 Å². The number of hydrogen-bond donors (Lipinski definition) is 4. The maximum absolute atomic E-state index is 13.8. The summed E-state index contributed by atoms with van der Waals surface area (Å²) in [6.07, 6.45) is 4.29. The number of nitrogens with zero attached hydrogens (tertiary/aromatic N) is 5. The second-order valence-electron chi connectivity index (χ2n) is 10.9. The number of nitrogens with one attached hydrogen (secondary N) is 2. The van der Waals surface area contributed by atoms with Crippen LogP contribution in [0.4, 0.5) is 11.5 Å². The quantitative estimate of drug-likeness (QED) is 0.232. The SMILES string of the molecule is CN(C)c1cc(C(N)=O)c(C(=O)Nc2n[nH]c3c2CN(S(=O)(=O)c2cccnc2)CC3(C)C)cc1-n1cccc1C(=O)O. The van der Waals surface area contributed by atoms with Gasteiger partial charge in [-0.05, 0) is 36.4 Å². The first-order chi connectivity index (χ1) is 20.2. The molecule has 0 unspecified atom stereocenters. The van der Waals surface area contributed by atoms with Gasteiger partial charge in [0.05, 0.1) is 22.5 Å². The number of rotatable bonds is 8. The second-order valence-corrected chi connectivity index (χ2v) is 12.9. The molecule has 0 atom stereocenters. The van der Waals surface area contributed by atoms with Gasteiger partial charge in [0.15, 0.2) is 5.82 Å². The monoisotopic (exact) mass is 606 g/mol. The largest absolute Gasteiger partial charge is 0.477 e. The van der Waals surface area contributed by atoms with E-state index in [1.807, 2.05) is 13.8 Å². The number of primary amides is 1. The Bertz CT molecular complexity index is 1860. The molecule has 4 heterocycles. The molecule has 0 radical (unpaired) electrons. The van der Waals surface area contributed by atoms with Gasteiger partial charge in [0.25, 0.3) is 5.91 Å². The van der Waals surface area contributed by atoms with E-state index in [4.69, 9.17) is 5.73 Å². The van der Waals surface area contributed by atoms with E-state index in [1.165, 1.54) is 57.8 Å². The molecule has 43 heavy (non-hydrogen) atoms. The fourth-order valence-electron chi connectivity index (χ4n) is 5.21. The number of H-pyrrole nitrogens is 1. The molecule has 1 aromatic carbocycles. The first kappa shape index (κ1) is 29.5. The third kappa shape index (κ3) is 5.23. The van der Waals surface area contributed by atoms with Crippen molar-refractivity contribution < 1.29 is 27.9 Å². The number of fused-ring (bicyclic) bond motifs is 1. The Hall–Kier alpha value is -5.02. The number of aromatic carboxylic acids is 1. The minimum absolute atomic E-state index is 0.0358. The summed E-state index contributed by atoms with van der Waals surface area (Å²) >= 11 is 0. The molecule has 0 spiro atoms. The molecule has 0 bridgehead atoms. The van der Waals surface area contributed by atoms with Gasteiger partial charge in [-0.1, -0.05) is 13.8 Å². The summed E-state index contributed by atoms with van der Waals surface area (Å²) in [6, 6.07) is 8.77. The van der Waals surface area contributed by atoms with Crippen LogP contribution < -0.4 is 16.0 Å². The van der Waals surface area contributed by atoms with Gasteiger partial charge in [0, 0.05) is 62.4 Å². The van der Waals surface area contributed by atoms with Crippen molar-refractivity contribution in [1.29, 1.82) is 0 Å². The number of hydrogen-bond acceptors (Lipinski definition) is 8. The number of anilines is 2. The molecule has 3 aromatic heterocycles. The Morgan fingerprint density at radius 2 is 1.88 bits per heavy atom. The lowest BCUT2D eigenvalue weighted by atomic mass is 9.84. The molecule has 224 valence electrons. The van der Waals surface area contributed by atoms with E-state index in [9.17, 15) is 27.9 Å². The molecule has 14 nitrogen and oxygen atoms in total. The van der Waals surface area contributed by atoms with Crippen LogP contribution in [0.2, 0.25) is 0 Å². The van der Waals surface area contributed by atoms with Crippen LogP contribution in [0.1, 0.15) is 56.3 Å². The second kappa shape index (κ2) is 10.7. The van der Waals surface area contributed by atoms with Crippen LogP contribution in [0.25, 0.3) is 5.69 Å². The zero-order valence-corrected chi connectivity index (χ0v) is 24.6. The highest BCUT2D eigenvalue weighted by Crippen LogP contribution is 2.38. The Kier molecular flexibility index (Phi) is 7.31. The van der Waals surface area contributed by atoms with Gasteiger partial charge in [-0.25, -0.2) is 13.2 Å². The van der Waals surface area contributed by atoms with E-state index < -0.39 is 33.2 Å². The number of carbonyl (C=O) groups is 3. The molecule has 1 aliphatic heterocycles. The topological polar surface area (TPSA) is 197 Å². The molecule has 5 rings (SSSR count). The Balaban J connectivity index is 1.56. The molecule has 0 aliphatic carbocycles. The summed E-state index contributed by atoms with van der Waals surface area (Å²) in [6.45, 7) is 3.78. The van der Waals surface area contributed by atoms with E-state index in [0.29, 0.717) is 22.6 Å². The van der Waals surface area contributed by atoms with Crippen molar-refractivity contribution in [3.8, 4) is 5.69 Å². The molecular formula is C28H30N8O6S.